The van der Waals surface area contributed by atoms with E-state index in [-0.39, 0.29) is 0 Å². The highest BCUT2D eigenvalue weighted by Crippen LogP contribution is 2.33. The second-order valence-corrected chi connectivity index (χ2v) is 8.53. The molecule has 0 spiro atoms. The Morgan fingerprint density at radius 1 is 1.11 bits per heavy atom. The summed E-state index contributed by atoms with van der Waals surface area (Å²) in [7, 11) is -3.67. The summed E-state index contributed by atoms with van der Waals surface area (Å²) >= 11 is 0. The van der Waals surface area contributed by atoms with Gasteiger partial charge in [-0.2, -0.15) is 0 Å². The van der Waals surface area contributed by atoms with E-state index in [1.54, 1.807) is 37.3 Å². The Morgan fingerprint density at radius 2 is 1.75 bits per heavy atom. The lowest BCUT2D eigenvalue weighted by Gasteiger charge is -2.30. The van der Waals surface area contributed by atoms with E-state index >= 15 is 0 Å². The maximum absolute atomic E-state index is 13.0. The minimum atomic E-state index is -3.67. The summed E-state index contributed by atoms with van der Waals surface area (Å²) in [6.45, 7) is 4.62. The lowest BCUT2D eigenvalue weighted by molar-refractivity contribution is -0.117. The average molecular weight is 404 g/mol. The quantitative estimate of drug-likeness (QED) is 0.800. The van der Waals surface area contributed by atoms with Crippen LogP contribution in [-0.2, 0) is 14.8 Å². The smallest absolute Gasteiger partial charge is 0.248 e. The molecule has 0 aromatic heterocycles. The Balaban J connectivity index is 1.87. The summed E-state index contributed by atoms with van der Waals surface area (Å²) in [4.78, 5) is 13.0. The lowest BCUT2D eigenvalue weighted by Crippen LogP contribution is -2.47. The first-order chi connectivity index (χ1) is 13.3. The van der Waals surface area contributed by atoms with Gasteiger partial charge in [-0.1, -0.05) is 24.6 Å². The highest BCUT2D eigenvalue weighted by molar-refractivity contribution is 7.92. The van der Waals surface area contributed by atoms with Crippen LogP contribution in [0.2, 0.25) is 0 Å². The van der Waals surface area contributed by atoms with Gasteiger partial charge in [0, 0.05) is 11.8 Å². The molecule has 1 aliphatic heterocycles. The van der Waals surface area contributed by atoms with Crippen molar-refractivity contribution in [3.8, 4) is 11.5 Å². The van der Waals surface area contributed by atoms with Crippen molar-refractivity contribution in [2.24, 2.45) is 0 Å². The highest BCUT2D eigenvalue weighted by Gasteiger charge is 2.31. The minimum Gasteiger partial charge on any atom is -0.486 e. The SMILES string of the molecule is CC[C@H](C(=O)Nc1ccc2c(c1)OCCO2)N(c1ccc(C)cc1)S(C)(=O)=O. The van der Waals surface area contributed by atoms with Crippen molar-refractivity contribution in [3.63, 3.8) is 0 Å². The van der Waals surface area contributed by atoms with Gasteiger partial charge < -0.3 is 14.8 Å². The van der Waals surface area contributed by atoms with Crippen LogP contribution in [0.5, 0.6) is 11.5 Å². The van der Waals surface area contributed by atoms with Crippen LogP contribution in [0.1, 0.15) is 18.9 Å². The fourth-order valence-corrected chi connectivity index (χ4v) is 4.31. The number of ether oxygens (including phenoxy) is 2. The molecule has 2 aromatic carbocycles. The number of benzene rings is 2. The number of nitrogens with zero attached hydrogens (tertiary/aromatic N) is 1. The molecule has 1 aliphatic rings. The monoisotopic (exact) mass is 404 g/mol. The van der Waals surface area contributed by atoms with Gasteiger partial charge in [0.1, 0.15) is 19.3 Å². The van der Waals surface area contributed by atoms with Gasteiger partial charge in [0.25, 0.3) is 0 Å². The van der Waals surface area contributed by atoms with Crippen LogP contribution in [0.15, 0.2) is 42.5 Å². The van der Waals surface area contributed by atoms with Crippen molar-refractivity contribution in [2.45, 2.75) is 26.3 Å². The van der Waals surface area contributed by atoms with Crippen molar-refractivity contribution in [3.05, 3.63) is 48.0 Å². The van der Waals surface area contributed by atoms with Crippen LogP contribution in [0.4, 0.5) is 11.4 Å². The van der Waals surface area contributed by atoms with Crippen molar-refractivity contribution in [1.82, 2.24) is 0 Å². The van der Waals surface area contributed by atoms with Gasteiger partial charge in [-0.15, -0.1) is 0 Å². The molecule has 3 rings (SSSR count). The first-order valence-corrected chi connectivity index (χ1v) is 10.9. The Bertz CT molecular complexity index is 957. The molecule has 28 heavy (non-hydrogen) atoms. The third-order valence-electron chi connectivity index (χ3n) is 4.43. The maximum Gasteiger partial charge on any atom is 0.248 e. The molecule has 7 nitrogen and oxygen atoms in total. The molecule has 150 valence electrons. The van der Waals surface area contributed by atoms with Gasteiger partial charge in [0.15, 0.2) is 11.5 Å². The van der Waals surface area contributed by atoms with Crippen LogP contribution in [0.25, 0.3) is 0 Å². The molecule has 0 unspecified atom stereocenters. The summed E-state index contributed by atoms with van der Waals surface area (Å²) in [5.41, 5.74) is 1.98. The minimum absolute atomic E-state index is 0.317. The number of rotatable bonds is 6. The van der Waals surface area contributed by atoms with Crippen molar-refractivity contribution in [1.29, 1.82) is 0 Å². The molecule has 1 amide bonds. The number of aryl methyl sites for hydroxylation is 1. The molecule has 0 aliphatic carbocycles. The number of fused-ring (bicyclic) bond motifs is 1. The summed E-state index contributed by atoms with van der Waals surface area (Å²) in [5, 5.41) is 2.80. The van der Waals surface area contributed by atoms with Crippen LogP contribution < -0.4 is 19.1 Å². The van der Waals surface area contributed by atoms with Crippen LogP contribution in [0.3, 0.4) is 0 Å². The summed E-state index contributed by atoms with van der Waals surface area (Å²) in [6, 6.07) is 11.3. The second-order valence-electron chi connectivity index (χ2n) is 6.67. The summed E-state index contributed by atoms with van der Waals surface area (Å²) in [6.07, 6.45) is 1.42. The molecular formula is C20H24N2O5S. The second kappa shape index (κ2) is 8.10. The predicted octanol–water partition coefficient (Wildman–Crippen LogP) is 2.95. The molecule has 0 saturated carbocycles. The van der Waals surface area contributed by atoms with Crippen LogP contribution in [-0.4, -0.2) is 39.8 Å². The van der Waals surface area contributed by atoms with Crippen molar-refractivity contribution < 1.29 is 22.7 Å². The average Bonchev–Trinajstić information content (AvgIpc) is 2.66. The zero-order valence-electron chi connectivity index (χ0n) is 16.1. The third kappa shape index (κ3) is 4.39. The fourth-order valence-electron chi connectivity index (χ4n) is 3.10. The number of carbonyl (C=O) groups is 1. The van der Waals surface area contributed by atoms with Gasteiger partial charge in [0.05, 0.1) is 11.9 Å². The summed E-state index contributed by atoms with van der Waals surface area (Å²) < 4.78 is 37.1. The molecular weight excluding hydrogens is 380 g/mol. The molecule has 1 N–H and O–H groups in total. The molecule has 2 aromatic rings. The van der Waals surface area contributed by atoms with Gasteiger partial charge in [0.2, 0.25) is 15.9 Å². The van der Waals surface area contributed by atoms with Gasteiger partial charge >= 0.3 is 0 Å². The molecule has 0 radical (unpaired) electrons. The van der Waals surface area contributed by atoms with Crippen molar-refractivity contribution >= 4 is 27.3 Å². The zero-order valence-corrected chi connectivity index (χ0v) is 17.0. The Kier molecular flexibility index (Phi) is 5.79. The molecule has 0 fully saturated rings. The topological polar surface area (TPSA) is 84.9 Å². The van der Waals surface area contributed by atoms with Gasteiger partial charge in [-0.25, -0.2) is 8.42 Å². The molecule has 1 heterocycles. The van der Waals surface area contributed by atoms with E-state index in [9.17, 15) is 13.2 Å². The Hall–Kier alpha value is -2.74. The number of anilines is 2. The standard InChI is InChI=1S/C20H24N2O5S/c1-4-17(22(28(3,24)25)16-8-5-14(2)6-9-16)20(23)21-15-7-10-18-19(13-15)27-12-11-26-18/h5-10,13,17H,4,11-12H2,1-3H3,(H,21,23)/t17-/m1/s1. The fraction of sp³-hybridized carbons (Fsp3) is 0.350. The van der Waals surface area contributed by atoms with Crippen LogP contribution in [0, 0.1) is 6.92 Å². The number of hydrogen-bond acceptors (Lipinski definition) is 5. The lowest BCUT2D eigenvalue weighted by atomic mass is 10.1. The molecule has 8 heteroatoms. The van der Waals surface area contributed by atoms with Gasteiger partial charge in [-0.3, -0.25) is 9.10 Å². The number of amides is 1. The highest BCUT2D eigenvalue weighted by atomic mass is 32.2. The van der Waals surface area contributed by atoms with Crippen LogP contribution >= 0.6 is 0 Å². The normalized spacial score (nSPS) is 14.2. The van der Waals surface area contributed by atoms with Gasteiger partial charge in [-0.05, 0) is 37.6 Å². The zero-order chi connectivity index (χ0) is 20.3. The van der Waals surface area contributed by atoms with E-state index in [0.717, 1.165) is 11.8 Å². The molecule has 0 saturated heterocycles. The Morgan fingerprint density at radius 3 is 2.36 bits per heavy atom. The van der Waals surface area contributed by atoms with E-state index in [2.05, 4.69) is 5.32 Å². The molecule has 0 bridgehead atoms. The van der Waals surface area contributed by atoms with E-state index in [1.165, 1.54) is 4.31 Å². The first kappa shape index (κ1) is 20.0. The van der Waals surface area contributed by atoms with E-state index in [0.29, 0.717) is 42.5 Å². The number of carbonyl (C=O) groups excluding carboxylic acids is 1. The summed E-state index contributed by atoms with van der Waals surface area (Å²) in [5.74, 6) is 0.759. The predicted molar refractivity (Wildman–Crippen MR) is 109 cm³/mol. The van der Waals surface area contributed by atoms with E-state index < -0.39 is 22.0 Å². The number of hydrogen-bond donors (Lipinski definition) is 1. The third-order valence-corrected chi connectivity index (χ3v) is 5.61. The van der Waals surface area contributed by atoms with E-state index in [4.69, 9.17) is 9.47 Å². The van der Waals surface area contributed by atoms with E-state index in [1.807, 2.05) is 19.1 Å². The van der Waals surface area contributed by atoms with Crippen molar-refractivity contribution in [2.75, 3.05) is 29.1 Å². The first-order valence-electron chi connectivity index (χ1n) is 9.06. The Labute approximate surface area is 165 Å². The molecule has 1 atom stereocenters. The maximum atomic E-state index is 13.0. The number of nitrogens with one attached hydrogen (secondary N) is 1. The number of sulfonamides is 1. The largest absolute Gasteiger partial charge is 0.486 e.